The molecule has 0 heterocycles. The second kappa shape index (κ2) is 6.67. The van der Waals surface area contributed by atoms with Gasteiger partial charge in [-0.3, -0.25) is 9.59 Å². The molecule has 0 aliphatic rings. The van der Waals surface area contributed by atoms with Crippen molar-refractivity contribution >= 4 is 23.7 Å². The van der Waals surface area contributed by atoms with E-state index in [9.17, 15) is 9.59 Å². The maximum atomic E-state index is 11.1. The van der Waals surface area contributed by atoms with E-state index < -0.39 is 12.0 Å². The van der Waals surface area contributed by atoms with E-state index in [0.29, 0.717) is 6.61 Å². The SMILES string of the molecule is CCOC(=O)C(C)SC[C@@H](N)C(=O)O. The van der Waals surface area contributed by atoms with Gasteiger partial charge in [0, 0.05) is 5.75 Å². The first-order valence-corrected chi connectivity index (χ1v) is 5.30. The van der Waals surface area contributed by atoms with Crippen molar-refractivity contribution in [2.45, 2.75) is 25.1 Å². The average molecular weight is 221 g/mol. The van der Waals surface area contributed by atoms with E-state index >= 15 is 0 Å². The third kappa shape index (κ3) is 5.08. The number of carboxylic acids is 1. The smallest absolute Gasteiger partial charge is 0.321 e. The van der Waals surface area contributed by atoms with Crippen LogP contribution in [-0.2, 0) is 14.3 Å². The number of thioether (sulfide) groups is 1. The maximum absolute atomic E-state index is 11.1. The van der Waals surface area contributed by atoms with Gasteiger partial charge in [-0.15, -0.1) is 11.8 Å². The van der Waals surface area contributed by atoms with Crippen LogP contribution in [0.25, 0.3) is 0 Å². The van der Waals surface area contributed by atoms with Gasteiger partial charge in [-0.1, -0.05) is 0 Å². The minimum Gasteiger partial charge on any atom is -0.480 e. The Morgan fingerprint density at radius 2 is 2.14 bits per heavy atom. The highest BCUT2D eigenvalue weighted by Gasteiger charge is 2.18. The van der Waals surface area contributed by atoms with Crippen molar-refractivity contribution in [1.29, 1.82) is 0 Å². The number of carbonyl (C=O) groups is 2. The second-order valence-corrected chi connectivity index (χ2v) is 4.05. The number of aliphatic carboxylic acids is 1. The van der Waals surface area contributed by atoms with E-state index in [1.54, 1.807) is 13.8 Å². The van der Waals surface area contributed by atoms with E-state index in [2.05, 4.69) is 0 Å². The van der Waals surface area contributed by atoms with Crippen LogP contribution in [0.1, 0.15) is 13.8 Å². The summed E-state index contributed by atoms with van der Waals surface area (Å²) in [4.78, 5) is 21.4. The van der Waals surface area contributed by atoms with Crippen LogP contribution in [0.5, 0.6) is 0 Å². The molecule has 0 radical (unpaired) electrons. The van der Waals surface area contributed by atoms with Gasteiger partial charge in [-0.05, 0) is 13.8 Å². The lowest BCUT2D eigenvalue weighted by molar-refractivity contribution is -0.142. The van der Waals surface area contributed by atoms with E-state index in [1.165, 1.54) is 11.8 Å². The number of hydrogen-bond acceptors (Lipinski definition) is 5. The summed E-state index contributed by atoms with van der Waals surface area (Å²) in [5.41, 5.74) is 5.27. The lowest BCUT2D eigenvalue weighted by Gasteiger charge is -2.11. The Balaban J connectivity index is 3.78. The number of nitrogens with two attached hydrogens (primary N) is 1. The Labute approximate surface area is 87.0 Å². The van der Waals surface area contributed by atoms with E-state index in [4.69, 9.17) is 15.6 Å². The third-order valence-electron chi connectivity index (χ3n) is 1.46. The summed E-state index contributed by atoms with van der Waals surface area (Å²) in [6, 6.07) is -0.933. The van der Waals surface area contributed by atoms with Gasteiger partial charge in [0.15, 0.2) is 0 Å². The van der Waals surface area contributed by atoms with Crippen LogP contribution in [0, 0.1) is 0 Å². The molecule has 82 valence electrons. The number of esters is 1. The highest BCUT2D eigenvalue weighted by Crippen LogP contribution is 2.12. The van der Waals surface area contributed by atoms with Crippen LogP contribution >= 0.6 is 11.8 Å². The zero-order valence-corrected chi connectivity index (χ0v) is 9.04. The molecule has 3 N–H and O–H groups in total. The fraction of sp³-hybridized carbons (Fsp3) is 0.750. The second-order valence-electron chi connectivity index (χ2n) is 2.67. The quantitative estimate of drug-likeness (QED) is 0.617. The molecule has 0 bridgehead atoms. The largest absolute Gasteiger partial charge is 0.480 e. The molecule has 0 aromatic carbocycles. The van der Waals surface area contributed by atoms with Crippen LogP contribution in [0.3, 0.4) is 0 Å². The molecule has 0 spiro atoms. The Hall–Kier alpha value is -0.750. The maximum Gasteiger partial charge on any atom is 0.321 e. The zero-order valence-electron chi connectivity index (χ0n) is 8.23. The van der Waals surface area contributed by atoms with Gasteiger partial charge in [0.25, 0.3) is 0 Å². The molecule has 0 aliphatic heterocycles. The van der Waals surface area contributed by atoms with Crippen molar-refractivity contribution in [2.24, 2.45) is 5.73 Å². The lowest BCUT2D eigenvalue weighted by Crippen LogP contribution is -2.33. The molecule has 2 atom stereocenters. The topological polar surface area (TPSA) is 89.6 Å². The molecule has 1 unspecified atom stereocenters. The van der Waals surface area contributed by atoms with Crippen LogP contribution in [0.2, 0.25) is 0 Å². The predicted octanol–water partition coefficient (Wildman–Crippen LogP) is 0.0831. The number of hydrogen-bond donors (Lipinski definition) is 2. The molecular weight excluding hydrogens is 206 g/mol. The van der Waals surface area contributed by atoms with Crippen molar-refractivity contribution < 1.29 is 19.4 Å². The Morgan fingerprint density at radius 3 is 2.57 bits per heavy atom. The molecular formula is C8H15NO4S. The van der Waals surface area contributed by atoms with Gasteiger partial charge in [0.1, 0.15) is 6.04 Å². The predicted molar refractivity (Wildman–Crippen MR) is 54.2 cm³/mol. The third-order valence-corrected chi connectivity index (χ3v) is 2.71. The molecule has 0 saturated carbocycles. The molecule has 0 fully saturated rings. The van der Waals surface area contributed by atoms with Crippen molar-refractivity contribution in [1.82, 2.24) is 0 Å². The summed E-state index contributed by atoms with van der Waals surface area (Å²) in [5, 5.41) is 8.11. The molecule has 14 heavy (non-hydrogen) atoms. The van der Waals surface area contributed by atoms with Gasteiger partial charge in [0.05, 0.1) is 11.9 Å². The normalized spacial score (nSPS) is 14.5. The van der Waals surface area contributed by atoms with Gasteiger partial charge >= 0.3 is 11.9 Å². The van der Waals surface area contributed by atoms with Crippen LogP contribution < -0.4 is 5.73 Å². The summed E-state index contributed by atoms with van der Waals surface area (Å²) in [7, 11) is 0. The number of rotatable bonds is 6. The standard InChI is InChI=1S/C8H15NO4S/c1-3-13-8(12)5(2)14-4-6(9)7(10)11/h5-6H,3-4,9H2,1-2H3,(H,10,11)/t5?,6-/m1/s1. The molecule has 5 nitrogen and oxygen atoms in total. The highest BCUT2D eigenvalue weighted by atomic mass is 32.2. The zero-order chi connectivity index (χ0) is 11.1. The molecule has 0 aliphatic carbocycles. The summed E-state index contributed by atoms with van der Waals surface area (Å²) in [6.45, 7) is 3.71. The monoisotopic (exact) mass is 221 g/mol. The summed E-state index contributed by atoms with van der Waals surface area (Å²) < 4.78 is 4.75. The Kier molecular flexibility index (Phi) is 6.31. The minimum absolute atomic E-state index is 0.204. The fourth-order valence-corrected chi connectivity index (χ4v) is 1.49. The van der Waals surface area contributed by atoms with Gasteiger partial charge in [0.2, 0.25) is 0 Å². The molecule has 0 rings (SSSR count). The van der Waals surface area contributed by atoms with Crippen molar-refractivity contribution in [2.75, 3.05) is 12.4 Å². The summed E-state index contributed by atoms with van der Waals surface area (Å²) in [5.74, 6) is -1.20. The summed E-state index contributed by atoms with van der Waals surface area (Å²) in [6.07, 6.45) is 0. The average Bonchev–Trinajstić information content (AvgIpc) is 2.13. The molecule has 6 heteroatoms. The molecule has 0 amide bonds. The highest BCUT2D eigenvalue weighted by molar-refractivity contribution is 8.00. The first-order valence-electron chi connectivity index (χ1n) is 4.25. The first kappa shape index (κ1) is 13.2. The van der Waals surface area contributed by atoms with Crippen molar-refractivity contribution in [3.05, 3.63) is 0 Å². The molecule has 0 saturated heterocycles. The molecule has 0 aromatic rings. The van der Waals surface area contributed by atoms with Crippen LogP contribution in [0.15, 0.2) is 0 Å². The number of ether oxygens (including phenoxy) is 1. The van der Waals surface area contributed by atoms with Gasteiger partial charge in [-0.25, -0.2) is 0 Å². The van der Waals surface area contributed by atoms with Crippen LogP contribution in [-0.4, -0.2) is 40.7 Å². The van der Waals surface area contributed by atoms with E-state index in [0.717, 1.165) is 0 Å². The Morgan fingerprint density at radius 1 is 1.57 bits per heavy atom. The summed E-state index contributed by atoms with van der Waals surface area (Å²) >= 11 is 1.18. The van der Waals surface area contributed by atoms with Gasteiger partial charge < -0.3 is 15.6 Å². The van der Waals surface area contributed by atoms with Crippen molar-refractivity contribution in [3.63, 3.8) is 0 Å². The fourth-order valence-electron chi connectivity index (χ4n) is 0.647. The number of carbonyl (C=O) groups excluding carboxylic acids is 1. The lowest BCUT2D eigenvalue weighted by atomic mass is 10.4. The van der Waals surface area contributed by atoms with E-state index in [-0.39, 0.29) is 17.0 Å². The first-order chi connectivity index (χ1) is 6.49. The van der Waals surface area contributed by atoms with E-state index in [1.807, 2.05) is 0 Å². The van der Waals surface area contributed by atoms with Crippen LogP contribution in [0.4, 0.5) is 0 Å². The van der Waals surface area contributed by atoms with Crippen molar-refractivity contribution in [3.8, 4) is 0 Å². The minimum atomic E-state index is -1.06. The molecule has 0 aromatic heterocycles. The van der Waals surface area contributed by atoms with Gasteiger partial charge in [-0.2, -0.15) is 0 Å². The number of carboxylic acid groups (broad SMARTS) is 1. The Bertz CT molecular complexity index is 210.